The Morgan fingerprint density at radius 3 is 2.80 bits per heavy atom. The molecular weight excluding hydrogens is 261 g/mol. The van der Waals surface area contributed by atoms with E-state index >= 15 is 0 Å². The number of halogens is 1. The summed E-state index contributed by atoms with van der Waals surface area (Å²) in [5, 5.41) is 2.99. The van der Waals surface area contributed by atoms with Gasteiger partial charge in [0.15, 0.2) is 11.6 Å². The second-order valence-corrected chi connectivity index (χ2v) is 4.53. The number of carbonyl (C=O) groups excluding carboxylic acids is 1. The van der Waals surface area contributed by atoms with Crippen LogP contribution in [-0.2, 0) is 4.79 Å². The first kappa shape index (κ1) is 16.1. The summed E-state index contributed by atoms with van der Waals surface area (Å²) in [4.78, 5) is 20.7. The zero-order chi connectivity index (χ0) is 15.0. The molecule has 0 aromatic carbocycles. The van der Waals surface area contributed by atoms with E-state index in [0.717, 1.165) is 25.5 Å². The zero-order valence-corrected chi connectivity index (χ0v) is 12.0. The highest BCUT2D eigenvalue weighted by Gasteiger charge is 2.16. The van der Waals surface area contributed by atoms with Crippen molar-refractivity contribution in [1.29, 1.82) is 0 Å². The van der Waals surface area contributed by atoms with Crippen molar-refractivity contribution in [2.75, 3.05) is 29.9 Å². The van der Waals surface area contributed by atoms with Crippen LogP contribution in [0.2, 0.25) is 0 Å². The number of unbranched alkanes of at least 4 members (excludes halogenated alkanes) is 1. The van der Waals surface area contributed by atoms with E-state index in [0.29, 0.717) is 19.0 Å². The lowest BCUT2D eigenvalue weighted by atomic mass is 10.3. The molecule has 20 heavy (non-hydrogen) atoms. The number of hydrogen-bond donors (Lipinski definition) is 2. The maximum Gasteiger partial charge on any atom is 0.237 e. The Morgan fingerprint density at radius 1 is 1.45 bits per heavy atom. The molecule has 0 aliphatic heterocycles. The van der Waals surface area contributed by atoms with E-state index in [2.05, 4.69) is 15.3 Å². The summed E-state index contributed by atoms with van der Waals surface area (Å²) in [5.74, 6) is -0.591. The molecule has 1 rings (SSSR count). The standard InChI is InChI=1S/C13H22FN5O/c1-3-5-7-19(9-11(15)20)12-10(14)8-17-13(18-12)16-6-4-2/h8H,3-7,9H2,1-2H3,(H2,15,20)(H,16,17,18). The minimum absolute atomic E-state index is 0.0544. The third kappa shape index (κ3) is 4.99. The molecular formula is C13H22FN5O. The van der Waals surface area contributed by atoms with Crippen LogP contribution in [0.1, 0.15) is 33.1 Å². The van der Waals surface area contributed by atoms with Crippen molar-refractivity contribution in [3.05, 3.63) is 12.0 Å². The van der Waals surface area contributed by atoms with Gasteiger partial charge in [0.2, 0.25) is 11.9 Å². The Balaban J connectivity index is 2.94. The summed E-state index contributed by atoms with van der Waals surface area (Å²) < 4.78 is 13.9. The SMILES string of the molecule is CCCCN(CC(N)=O)c1nc(NCCC)ncc1F. The van der Waals surface area contributed by atoms with E-state index in [1.54, 1.807) is 4.90 Å². The predicted molar refractivity (Wildman–Crippen MR) is 77.1 cm³/mol. The van der Waals surface area contributed by atoms with E-state index < -0.39 is 11.7 Å². The molecule has 1 heterocycles. The summed E-state index contributed by atoms with van der Waals surface area (Å²) in [5.41, 5.74) is 5.21. The van der Waals surface area contributed by atoms with Crippen LogP contribution < -0.4 is 16.0 Å². The highest BCUT2D eigenvalue weighted by Crippen LogP contribution is 2.17. The summed E-state index contributed by atoms with van der Waals surface area (Å²) in [7, 11) is 0. The number of primary amides is 1. The van der Waals surface area contributed by atoms with Gasteiger partial charge in [-0.25, -0.2) is 9.37 Å². The van der Waals surface area contributed by atoms with Gasteiger partial charge in [0, 0.05) is 13.1 Å². The molecule has 112 valence electrons. The van der Waals surface area contributed by atoms with Crippen molar-refractivity contribution < 1.29 is 9.18 Å². The molecule has 0 atom stereocenters. The molecule has 0 aliphatic carbocycles. The third-order valence-corrected chi connectivity index (χ3v) is 2.69. The monoisotopic (exact) mass is 283 g/mol. The van der Waals surface area contributed by atoms with Gasteiger partial charge in [0.05, 0.1) is 12.7 Å². The predicted octanol–water partition coefficient (Wildman–Crippen LogP) is 1.53. The third-order valence-electron chi connectivity index (χ3n) is 2.69. The van der Waals surface area contributed by atoms with Crippen LogP contribution in [0.5, 0.6) is 0 Å². The van der Waals surface area contributed by atoms with E-state index in [1.165, 1.54) is 0 Å². The van der Waals surface area contributed by atoms with Crippen LogP contribution >= 0.6 is 0 Å². The van der Waals surface area contributed by atoms with Gasteiger partial charge in [-0.05, 0) is 12.8 Å². The Bertz CT molecular complexity index is 441. The summed E-state index contributed by atoms with van der Waals surface area (Å²) in [6, 6.07) is 0. The van der Waals surface area contributed by atoms with Gasteiger partial charge in [0.25, 0.3) is 0 Å². The van der Waals surface area contributed by atoms with E-state index in [9.17, 15) is 9.18 Å². The first-order chi connectivity index (χ1) is 9.58. The van der Waals surface area contributed by atoms with Crippen molar-refractivity contribution in [2.24, 2.45) is 5.73 Å². The minimum atomic E-state index is -0.551. The Morgan fingerprint density at radius 2 is 2.20 bits per heavy atom. The fourth-order valence-electron chi connectivity index (χ4n) is 1.70. The minimum Gasteiger partial charge on any atom is -0.368 e. The maximum atomic E-state index is 13.9. The Hall–Kier alpha value is -1.92. The molecule has 1 aromatic heterocycles. The van der Waals surface area contributed by atoms with Gasteiger partial charge in [-0.1, -0.05) is 20.3 Å². The van der Waals surface area contributed by atoms with Crippen molar-refractivity contribution in [2.45, 2.75) is 33.1 Å². The molecule has 0 saturated heterocycles. The van der Waals surface area contributed by atoms with Gasteiger partial charge < -0.3 is 16.0 Å². The van der Waals surface area contributed by atoms with Crippen LogP contribution in [0.15, 0.2) is 6.20 Å². The highest BCUT2D eigenvalue weighted by molar-refractivity contribution is 5.79. The number of nitrogens with zero attached hydrogens (tertiary/aromatic N) is 3. The molecule has 0 aliphatic rings. The molecule has 0 fully saturated rings. The molecule has 1 aromatic rings. The maximum absolute atomic E-state index is 13.9. The van der Waals surface area contributed by atoms with Crippen LogP contribution in [0.4, 0.5) is 16.2 Å². The van der Waals surface area contributed by atoms with Gasteiger partial charge in [-0.3, -0.25) is 4.79 Å². The number of nitrogens with one attached hydrogen (secondary N) is 1. The van der Waals surface area contributed by atoms with E-state index in [4.69, 9.17) is 5.73 Å². The van der Waals surface area contributed by atoms with Crippen molar-refractivity contribution in [3.8, 4) is 0 Å². The number of aromatic nitrogens is 2. The van der Waals surface area contributed by atoms with Crippen molar-refractivity contribution in [3.63, 3.8) is 0 Å². The molecule has 0 spiro atoms. The molecule has 0 radical (unpaired) electrons. The van der Waals surface area contributed by atoms with Crippen LogP contribution in [0.3, 0.4) is 0 Å². The second kappa shape index (κ2) is 8.29. The first-order valence-electron chi connectivity index (χ1n) is 6.88. The average molecular weight is 283 g/mol. The summed E-state index contributed by atoms with van der Waals surface area (Å²) >= 11 is 0. The van der Waals surface area contributed by atoms with Crippen LogP contribution in [0, 0.1) is 5.82 Å². The lowest BCUT2D eigenvalue weighted by molar-refractivity contribution is -0.116. The number of nitrogens with two attached hydrogens (primary N) is 1. The lowest BCUT2D eigenvalue weighted by Gasteiger charge is -2.22. The quantitative estimate of drug-likeness (QED) is 0.718. The molecule has 0 bridgehead atoms. The molecule has 3 N–H and O–H groups in total. The number of hydrogen-bond acceptors (Lipinski definition) is 5. The van der Waals surface area contributed by atoms with E-state index in [1.807, 2.05) is 13.8 Å². The Kier molecular flexibility index (Phi) is 6.69. The smallest absolute Gasteiger partial charge is 0.237 e. The van der Waals surface area contributed by atoms with Crippen molar-refractivity contribution in [1.82, 2.24) is 9.97 Å². The summed E-state index contributed by atoms with van der Waals surface area (Å²) in [6.07, 6.45) is 3.79. The zero-order valence-electron chi connectivity index (χ0n) is 12.0. The van der Waals surface area contributed by atoms with Crippen molar-refractivity contribution >= 4 is 17.7 Å². The average Bonchev–Trinajstić information content (AvgIpc) is 2.42. The van der Waals surface area contributed by atoms with Crippen LogP contribution in [0.25, 0.3) is 0 Å². The number of carbonyl (C=O) groups is 1. The lowest BCUT2D eigenvalue weighted by Crippen LogP contribution is -2.35. The molecule has 7 heteroatoms. The van der Waals surface area contributed by atoms with E-state index in [-0.39, 0.29) is 12.4 Å². The number of anilines is 2. The fourth-order valence-corrected chi connectivity index (χ4v) is 1.70. The highest BCUT2D eigenvalue weighted by atomic mass is 19.1. The van der Waals surface area contributed by atoms with Gasteiger partial charge in [-0.2, -0.15) is 4.98 Å². The van der Waals surface area contributed by atoms with Crippen LogP contribution in [-0.4, -0.2) is 35.5 Å². The second-order valence-electron chi connectivity index (χ2n) is 4.53. The fraction of sp³-hybridized carbons (Fsp3) is 0.615. The topological polar surface area (TPSA) is 84.1 Å². The molecule has 1 amide bonds. The molecule has 6 nitrogen and oxygen atoms in total. The number of rotatable bonds is 9. The summed E-state index contributed by atoms with van der Waals surface area (Å²) in [6.45, 7) is 5.21. The largest absolute Gasteiger partial charge is 0.368 e. The molecule has 0 saturated carbocycles. The van der Waals surface area contributed by atoms with Gasteiger partial charge >= 0.3 is 0 Å². The van der Waals surface area contributed by atoms with Gasteiger partial charge in [-0.15, -0.1) is 0 Å². The normalized spacial score (nSPS) is 10.3. The molecule has 0 unspecified atom stereocenters. The number of amides is 1. The Labute approximate surface area is 118 Å². The first-order valence-corrected chi connectivity index (χ1v) is 6.88. The van der Waals surface area contributed by atoms with Gasteiger partial charge in [0.1, 0.15) is 0 Å².